The highest BCUT2D eigenvalue weighted by Gasteiger charge is 2.38. The molecule has 3 aliphatic heterocycles. The molecule has 0 bridgehead atoms. The number of ether oxygens (including phenoxy) is 1. The molecule has 4 heteroatoms. The van der Waals surface area contributed by atoms with E-state index in [0.29, 0.717) is 12.8 Å². The number of anilines is 1. The van der Waals surface area contributed by atoms with Crippen molar-refractivity contribution in [1.82, 2.24) is 9.88 Å². The molecule has 0 amide bonds. The zero-order valence-corrected chi connectivity index (χ0v) is 8.71. The van der Waals surface area contributed by atoms with Crippen molar-refractivity contribution < 1.29 is 4.74 Å². The number of aromatic nitrogens is 1. The highest BCUT2D eigenvalue weighted by Crippen LogP contribution is 2.39. The third-order valence-electron chi connectivity index (χ3n) is 3.37. The minimum Gasteiger partial charge on any atom is -0.493 e. The van der Waals surface area contributed by atoms with Crippen LogP contribution < -0.4 is 4.90 Å². The molecule has 1 atom stereocenters. The summed E-state index contributed by atoms with van der Waals surface area (Å²) in [5.74, 6) is 0. The van der Waals surface area contributed by atoms with Gasteiger partial charge in [0.1, 0.15) is 12.8 Å². The SMILES string of the molecule is C1=CN2C(=CN3c4ccncc4CC23)CO1. The van der Waals surface area contributed by atoms with Gasteiger partial charge in [-0.2, -0.15) is 0 Å². The summed E-state index contributed by atoms with van der Waals surface area (Å²) < 4.78 is 5.31. The fourth-order valence-corrected chi connectivity index (χ4v) is 2.64. The predicted octanol–water partition coefficient (Wildman–Crippen LogP) is 1.43. The highest BCUT2D eigenvalue weighted by atomic mass is 16.5. The van der Waals surface area contributed by atoms with Crippen molar-refractivity contribution in [3.8, 4) is 0 Å². The van der Waals surface area contributed by atoms with E-state index in [4.69, 9.17) is 4.74 Å². The lowest BCUT2D eigenvalue weighted by atomic mass is 10.2. The number of rotatable bonds is 0. The number of hydrogen-bond donors (Lipinski definition) is 0. The van der Waals surface area contributed by atoms with Gasteiger partial charge >= 0.3 is 0 Å². The van der Waals surface area contributed by atoms with E-state index in [1.165, 1.54) is 16.9 Å². The van der Waals surface area contributed by atoms with Crippen molar-refractivity contribution in [3.05, 3.63) is 48.4 Å². The lowest BCUT2D eigenvalue weighted by Gasteiger charge is -2.28. The Morgan fingerprint density at radius 2 is 2.38 bits per heavy atom. The van der Waals surface area contributed by atoms with Crippen LogP contribution in [0, 0.1) is 0 Å². The summed E-state index contributed by atoms with van der Waals surface area (Å²) in [5.41, 5.74) is 3.83. The van der Waals surface area contributed by atoms with E-state index in [-0.39, 0.29) is 0 Å². The van der Waals surface area contributed by atoms with Crippen molar-refractivity contribution in [1.29, 1.82) is 0 Å². The maximum Gasteiger partial charge on any atom is 0.129 e. The Morgan fingerprint density at radius 3 is 3.38 bits per heavy atom. The van der Waals surface area contributed by atoms with Gasteiger partial charge in [0.2, 0.25) is 0 Å². The minimum absolute atomic E-state index is 0.384. The van der Waals surface area contributed by atoms with Crippen LogP contribution in [0.2, 0.25) is 0 Å². The first-order valence-corrected chi connectivity index (χ1v) is 5.42. The largest absolute Gasteiger partial charge is 0.493 e. The molecule has 1 unspecified atom stereocenters. The van der Waals surface area contributed by atoms with Gasteiger partial charge in [-0.3, -0.25) is 4.98 Å². The van der Waals surface area contributed by atoms with Gasteiger partial charge in [-0.1, -0.05) is 0 Å². The second-order valence-corrected chi connectivity index (χ2v) is 4.22. The van der Waals surface area contributed by atoms with Crippen molar-refractivity contribution in [2.75, 3.05) is 11.5 Å². The molecule has 1 aromatic heterocycles. The van der Waals surface area contributed by atoms with E-state index in [2.05, 4.69) is 27.1 Å². The van der Waals surface area contributed by atoms with E-state index in [1.54, 1.807) is 6.26 Å². The van der Waals surface area contributed by atoms with Crippen LogP contribution in [-0.2, 0) is 11.2 Å². The Hall–Kier alpha value is -1.97. The third kappa shape index (κ3) is 0.913. The standard InChI is InChI=1S/C12H11N3O/c1-2-13-6-9-5-12-14-3-4-16-8-10(14)7-15(12)11(1)9/h1-4,6-7,12H,5,8H2. The fourth-order valence-electron chi connectivity index (χ4n) is 2.64. The second kappa shape index (κ2) is 2.78. The first-order valence-electron chi connectivity index (χ1n) is 5.42. The number of fused-ring (bicyclic) bond motifs is 5. The third-order valence-corrected chi connectivity index (χ3v) is 3.37. The molecule has 80 valence electrons. The summed E-state index contributed by atoms with van der Waals surface area (Å²) in [6, 6.07) is 2.08. The molecule has 0 fully saturated rings. The molecule has 0 aromatic carbocycles. The van der Waals surface area contributed by atoms with Crippen molar-refractivity contribution in [2.45, 2.75) is 12.6 Å². The Kier molecular flexibility index (Phi) is 1.43. The van der Waals surface area contributed by atoms with Crippen molar-refractivity contribution in [3.63, 3.8) is 0 Å². The second-order valence-electron chi connectivity index (χ2n) is 4.22. The Labute approximate surface area is 93.4 Å². The minimum atomic E-state index is 0.384. The van der Waals surface area contributed by atoms with Gasteiger partial charge in [-0.15, -0.1) is 0 Å². The summed E-state index contributed by atoms with van der Waals surface area (Å²) in [5, 5.41) is 0. The summed E-state index contributed by atoms with van der Waals surface area (Å²) in [4.78, 5) is 8.77. The van der Waals surface area contributed by atoms with E-state index < -0.39 is 0 Å². The maximum atomic E-state index is 5.31. The van der Waals surface area contributed by atoms with Crippen LogP contribution in [0.5, 0.6) is 0 Å². The van der Waals surface area contributed by atoms with E-state index in [0.717, 1.165) is 6.42 Å². The molecular weight excluding hydrogens is 202 g/mol. The topological polar surface area (TPSA) is 28.6 Å². The average Bonchev–Trinajstić information content (AvgIpc) is 2.85. The maximum absolute atomic E-state index is 5.31. The first kappa shape index (κ1) is 8.21. The fraction of sp³-hybridized carbons (Fsp3) is 0.250. The first-order chi connectivity index (χ1) is 7.93. The number of pyridine rings is 1. The molecule has 16 heavy (non-hydrogen) atoms. The molecule has 0 saturated heterocycles. The van der Waals surface area contributed by atoms with Gasteiger partial charge in [0.15, 0.2) is 0 Å². The number of nitrogens with zero attached hydrogens (tertiary/aromatic N) is 3. The molecular formula is C12H11N3O. The summed E-state index contributed by atoms with van der Waals surface area (Å²) in [6.07, 6.45) is 11.2. The Bertz CT molecular complexity index is 509. The van der Waals surface area contributed by atoms with Crippen LogP contribution in [0.4, 0.5) is 5.69 Å². The van der Waals surface area contributed by atoms with E-state index in [1.807, 2.05) is 18.6 Å². The van der Waals surface area contributed by atoms with Gasteiger partial charge in [-0.25, -0.2) is 0 Å². The number of hydrogen-bond acceptors (Lipinski definition) is 4. The quantitative estimate of drug-likeness (QED) is 0.652. The van der Waals surface area contributed by atoms with E-state index in [9.17, 15) is 0 Å². The highest BCUT2D eigenvalue weighted by molar-refractivity contribution is 5.62. The summed E-state index contributed by atoms with van der Waals surface area (Å²) in [7, 11) is 0. The summed E-state index contributed by atoms with van der Waals surface area (Å²) in [6.45, 7) is 0.671. The lowest BCUT2D eigenvalue weighted by Crippen LogP contribution is -2.35. The molecule has 0 spiro atoms. The van der Waals surface area contributed by atoms with Crippen LogP contribution in [-0.4, -0.2) is 22.7 Å². The Balaban J connectivity index is 1.82. The van der Waals surface area contributed by atoms with Crippen LogP contribution >= 0.6 is 0 Å². The van der Waals surface area contributed by atoms with Crippen molar-refractivity contribution >= 4 is 5.69 Å². The smallest absolute Gasteiger partial charge is 0.129 e. The van der Waals surface area contributed by atoms with Crippen LogP contribution in [0.1, 0.15) is 5.56 Å². The van der Waals surface area contributed by atoms with Gasteiger partial charge in [0.25, 0.3) is 0 Å². The van der Waals surface area contributed by atoms with Gasteiger partial charge in [-0.05, 0) is 11.6 Å². The van der Waals surface area contributed by atoms with E-state index >= 15 is 0 Å². The molecule has 0 aliphatic carbocycles. The molecule has 0 N–H and O–H groups in total. The monoisotopic (exact) mass is 213 g/mol. The lowest BCUT2D eigenvalue weighted by molar-refractivity contribution is 0.205. The molecule has 4 nitrogen and oxygen atoms in total. The average molecular weight is 213 g/mol. The molecule has 0 saturated carbocycles. The van der Waals surface area contributed by atoms with Gasteiger partial charge in [0.05, 0.1) is 12.0 Å². The summed E-state index contributed by atoms with van der Waals surface area (Å²) >= 11 is 0. The van der Waals surface area contributed by atoms with Crippen LogP contribution in [0.3, 0.4) is 0 Å². The zero-order chi connectivity index (χ0) is 10.5. The molecule has 1 aromatic rings. The van der Waals surface area contributed by atoms with Gasteiger partial charge in [0, 0.05) is 36.9 Å². The van der Waals surface area contributed by atoms with Crippen molar-refractivity contribution in [2.24, 2.45) is 0 Å². The normalized spacial score (nSPS) is 24.8. The molecule has 4 heterocycles. The zero-order valence-electron chi connectivity index (χ0n) is 8.71. The predicted molar refractivity (Wildman–Crippen MR) is 59.2 cm³/mol. The molecule has 0 radical (unpaired) electrons. The van der Waals surface area contributed by atoms with Crippen LogP contribution in [0.15, 0.2) is 42.8 Å². The molecule has 3 aliphatic rings. The van der Waals surface area contributed by atoms with Gasteiger partial charge < -0.3 is 14.5 Å². The molecule has 4 rings (SSSR count). The Morgan fingerprint density at radius 1 is 1.38 bits per heavy atom. The van der Waals surface area contributed by atoms with Crippen LogP contribution in [0.25, 0.3) is 0 Å².